The van der Waals surface area contributed by atoms with Crippen molar-refractivity contribution in [1.29, 1.82) is 0 Å². The highest BCUT2D eigenvalue weighted by Crippen LogP contribution is 2.40. The molecule has 0 aromatic heterocycles. The van der Waals surface area contributed by atoms with Crippen LogP contribution >= 0.6 is 7.82 Å². The summed E-state index contributed by atoms with van der Waals surface area (Å²) in [5, 5.41) is 20.8. The molecule has 1 fully saturated rings. The normalized spacial score (nSPS) is 17.3. The van der Waals surface area contributed by atoms with Crippen LogP contribution in [0.5, 0.6) is 0 Å². The molecule has 3 atom stereocenters. The predicted molar refractivity (Wildman–Crippen MR) is 148 cm³/mol. The Balaban J connectivity index is 1.90. The molecule has 16 heteroatoms. The molecular weight excluding hydrogens is 581 g/mol. The number of nitro groups is 1. The molecule has 1 amide bonds. The molecule has 41 heavy (non-hydrogen) atoms. The summed E-state index contributed by atoms with van der Waals surface area (Å²) in [5.74, 6) is -0.0778. The first kappa shape index (κ1) is 32.4. The molecule has 226 valence electrons. The number of carbonyl (C=O) groups is 1. The summed E-state index contributed by atoms with van der Waals surface area (Å²) in [7, 11) is -9.10. The highest BCUT2D eigenvalue weighted by Gasteiger charge is 2.38. The fourth-order valence-corrected chi connectivity index (χ4v) is 6.86. The maximum absolute atomic E-state index is 13.5. The molecule has 2 aromatic carbocycles. The van der Waals surface area contributed by atoms with E-state index in [9.17, 15) is 42.8 Å². The lowest BCUT2D eigenvalue weighted by atomic mass is 10.0. The van der Waals surface area contributed by atoms with Crippen LogP contribution in [0.25, 0.3) is 0 Å². The van der Waals surface area contributed by atoms with Crippen LogP contribution in [-0.4, -0.2) is 77.2 Å². The SMILES string of the molecule is CC(C)CN(c1ccc(C[C@H](OP(=O)(O)O)[C@H](C)N(C(=O)O)[C@H]2CCOC2)cc1)S(=O)(=O)c1ccc([N+](=O)[O-])cc1. The molecule has 1 saturated heterocycles. The van der Waals surface area contributed by atoms with E-state index in [0.29, 0.717) is 24.3 Å². The van der Waals surface area contributed by atoms with Crippen LogP contribution in [0.1, 0.15) is 32.8 Å². The monoisotopic (exact) mass is 615 g/mol. The van der Waals surface area contributed by atoms with Crippen LogP contribution in [0.4, 0.5) is 16.2 Å². The molecule has 14 nitrogen and oxygen atoms in total. The number of sulfonamides is 1. The van der Waals surface area contributed by atoms with Gasteiger partial charge >= 0.3 is 13.9 Å². The molecule has 1 heterocycles. The molecule has 0 radical (unpaired) electrons. The third-order valence-electron chi connectivity index (χ3n) is 6.60. The van der Waals surface area contributed by atoms with Crippen LogP contribution in [0.3, 0.4) is 0 Å². The third kappa shape index (κ3) is 8.47. The number of benzene rings is 2. The zero-order chi connectivity index (χ0) is 30.5. The summed E-state index contributed by atoms with van der Waals surface area (Å²) in [6.45, 7) is 5.80. The van der Waals surface area contributed by atoms with Gasteiger partial charge in [0.2, 0.25) is 0 Å². The van der Waals surface area contributed by atoms with Gasteiger partial charge in [0.05, 0.1) is 40.3 Å². The first-order valence-electron chi connectivity index (χ1n) is 12.8. The van der Waals surface area contributed by atoms with Crippen molar-refractivity contribution < 1.29 is 46.9 Å². The average molecular weight is 616 g/mol. The number of nitro benzene ring substituents is 1. The molecule has 1 aliphatic heterocycles. The highest BCUT2D eigenvalue weighted by atomic mass is 32.2. The Morgan fingerprint density at radius 2 is 1.76 bits per heavy atom. The molecule has 0 unspecified atom stereocenters. The van der Waals surface area contributed by atoms with Gasteiger partial charge in [-0.25, -0.2) is 17.8 Å². The zero-order valence-electron chi connectivity index (χ0n) is 22.8. The van der Waals surface area contributed by atoms with E-state index in [4.69, 9.17) is 9.26 Å². The Kier molecular flexibility index (Phi) is 10.5. The topological polar surface area (TPSA) is 197 Å². The van der Waals surface area contributed by atoms with Crippen molar-refractivity contribution in [3.63, 3.8) is 0 Å². The van der Waals surface area contributed by atoms with E-state index in [2.05, 4.69) is 0 Å². The van der Waals surface area contributed by atoms with Crippen LogP contribution in [-0.2, 0) is 30.3 Å². The van der Waals surface area contributed by atoms with Crippen molar-refractivity contribution in [3.05, 3.63) is 64.2 Å². The Hall–Kier alpha value is -3.07. The minimum atomic E-state index is -5.00. The second kappa shape index (κ2) is 13.3. The Morgan fingerprint density at radius 3 is 2.22 bits per heavy atom. The van der Waals surface area contributed by atoms with Gasteiger partial charge in [0, 0.05) is 31.7 Å². The van der Waals surface area contributed by atoms with Crippen LogP contribution in [0.2, 0.25) is 0 Å². The smallest absolute Gasteiger partial charge is 0.465 e. The number of phosphoric ester groups is 1. The van der Waals surface area contributed by atoms with Crippen molar-refractivity contribution in [2.75, 3.05) is 24.1 Å². The minimum Gasteiger partial charge on any atom is -0.465 e. The second-order valence-electron chi connectivity index (χ2n) is 10.1. The molecule has 1 aliphatic rings. The van der Waals surface area contributed by atoms with E-state index in [1.807, 2.05) is 13.8 Å². The summed E-state index contributed by atoms with van der Waals surface area (Å²) in [6.07, 6.45) is -2.15. The Morgan fingerprint density at radius 1 is 1.15 bits per heavy atom. The lowest BCUT2D eigenvalue weighted by molar-refractivity contribution is -0.384. The van der Waals surface area contributed by atoms with E-state index < -0.39 is 47.1 Å². The van der Waals surface area contributed by atoms with Gasteiger partial charge in [0.25, 0.3) is 15.7 Å². The second-order valence-corrected chi connectivity index (χ2v) is 13.2. The number of carboxylic acid groups (broad SMARTS) is 1. The van der Waals surface area contributed by atoms with E-state index in [1.54, 1.807) is 12.1 Å². The van der Waals surface area contributed by atoms with Crippen LogP contribution in [0.15, 0.2) is 53.4 Å². The predicted octanol–water partition coefficient (Wildman–Crippen LogP) is 3.62. The van der Waals surface area contributed by atoms with Gasteiger partial charge in [0.15, 0.2) is 0 Å². The number of amides is 1. The third-order valence-corrected chi connectivity index (χ3v) is 8.95. The molecule has 0 saturated carbocycles. The standard InChI is InChI=1S/C25H34N3O11PS/c1-17(2)15-26(41(36,37)23-10-8-21(9-11-23)28(31)32)20-6-4-19(5-7-20)14-24(39-40(33,34)35)18(3)27(25(29)30)22-12-13-38-16-22/h4-11,17-18,22,24H,12-16H2,1-3H3,(H,29,30)(H2,33,34,35)/t18-,22-,24-/m0/s1. The highest BCUT2D eigenvalue weighted by molar-refractivity contribution is 7.92. The van der Waals surface area contributed by atoms with Crippen molar-refractivity contribution >= 4 is 35.3 Å². The summed E-state index contributed by atoms with van der Waals surface area (Å²) in [6, 6.07) is 9.32. The quantitative estimate of drug-likeness (QED) is 0.169. The number of nitrogens with zero attached hydrogens (tertiary/aromatic N) is 3. The fraction of sp³-hybridized carbons (Fsp3) is 0.480. The zero-order valence-corrected chi connectivity index (χ0v) is 24.5. The van der Waals surface area contributed by atoms with Crippen molar-refractivity contribution in [1.82, 2.24) is 4.90 Å². The summed E-state index contributed by atoms with van der Waals surface area (Å²) >= 11 is 0. The summed E-state index contributed by atoms with van der Waals surface area (Å²) in [4.78, 5) is 42.4. The summed E-state index contributed by atoms with van der Waals surface area (Å²) < 4.78 is 50.3. The fourth-order valence-electron chi connectivity index (χ4n) is 4.63. The lowest BCUT2D eigenvalue weighted by Gasteiger charge is -2.36. The van der Waals surface area contributed by atoms with Gasteiger partial charge in [-0.2, -0.15) is 0 Å². The summed E-state index contributed by atoms with van der Waals surface area (Å²) in [5.41, 5.74) is 0.577. The van der Waals surface area contributed by atoms with E-state index >= 15 is 0 Å². The molecular formula is C25H34N3O11PS. The number of anilines is 1. The van der Waals surface area contributed by atoms with Gasteiger partial charge in [-0.1, -0.05) is 26.0 Å². The molecule has 3 N–H and O–H groups in total. The average Bonchev–Trinajstić information content (AvgIpc) is 3.40. The minimum absolute atomic E-state index is 0.0778. The molecule has 0 bridgehead atoms. The molecule has 0 spiro atoms. The number of phosphoric acid groups is 1. The van der Waals surface area contributed by atoms with Crippen LogP contribution < -0.4 is 4.31 Å². The van der Waals surface area contributed by atoms with Crippen molar-refractivity contribution in [3.8, 4) is 0 Å². The van der Waals surface area contributed by atoms with Crippen molar-refractivity contribution in [2.24, 2.45) is 5.92 Å². The maximum atomic E-state index is 13.5. The van der Waals surface area contributed by atoms with E-state index in [1.165, 1.54) is 35.5 Å². The number of rotatable bonds is 13. The lowest BCUT2D eigenvalue weighted by Crippen LogP contribution is -2.51. The Bertz CT molecular complexity index is 1360. The molecule has 0 aliphatic carbocycles. The first-order chi connectivity index (χ1) is 19.1. The van der Waals surface area contributed by atoms with Crippen molar-refractivity contribution in [2.45, 2.75) is 56.7 Å². The number of hydrogen-bond acceptors (Lipinski definition) is 8. The van der Waals surface area contributed by atoms with Crippen LogP contribution in [0, 0.1) is 16.0 Å². The van der Waals surface area contributed by atoms with Gasteiger partial charge in [-0.3, -0.25) is 23.8 Å². The number of hydrogen-bond donors (Lipinski definition) is 3. The molecule has 3 rings (SSSR count). The maximum Gasteiger partial charge on any atom is 0.469 e. The van der Waals surface area contributed by atoms with Gasteiger partial charge in [-0.15, -0.1) is 0 Å². The largest absolute Gasteiger partial charge is 0.469 e. The van der Waals surface area contributed by atoms with Gasteiger partial charge < -0.3 is 19.6 Å². The first-order valence-corrected chi connectivity index (χ1v) is 15.8. The number of ether oxygens (including phenoxy) is 1. The Labute approximate surface area is 237 Å². The number of non-ortho nitro benzene ring substituents is 1. The van der Waals surface area contributed by atoms with E-state index in [-0.39, 0.29) is 36.1 Å². The van der Waals surface area contributed by atoms with E-state index in [0.717, 1.165) is 17.0 Å². The van der Waals surface area contributed by atoms with Gasteiger partial charge in [-0.05, 0) is 49.1 Å². The molecule has 2 aromatic rings. The van der Waals surface area contributed by atoms with Gasteiger partial charge in [0.1, 0.15) is 0 Å².